The number of benzene rings is 2. The minimum absolute atomic E-state index is 0.00690. The van der Waals surface area contributed by atoms with E-state index in [0.717, 1.165) is 16.8 Å². The fraction of sp³-hybridized carbons (Fsp3) is 0.118. The highest BCUT2D eigenvalue weighted by Crippen LogP contribution is 2.41. The lowest BCUT2D eigenvalue weighted by Gasteiger charge is -2.33. The van der Waals surface area contributed by atoms with Crippen LogP contribution in [0.4, 0.5) is 5.69 Å². The fourth-order valence-electron chi connectivity index (χ4n) is 2.70. The standard InChI is InChI=1S/C17H15NO/c1-12-16(13-8-4-3-5-9-13)14-10-6-7-11-15(14)18(2)17(12)19/h3-11,16H,1H2,2H3/t16-/m1/s1. The van der Waals surface area contributed by atoms with Crippen molar-refractivity contribution in [2.45, 2.75) is 5.92 Å². The predicted molar refractivity (Wildman–Crippen MR) is 77.3 cm³/mol. The molecule has 0 saturated carbocycles. The van der Waals surface area contributed by atoms with Crippen molar-refractivity contribution in [2.75, 3.05) is 11.9 Å². The van der Waals surface area contributed by atoms with E-state index in [1.165, 1.54) is 0 Å². The molecule has 0 radical (unpaired) electrons. The van der Waals surface area contributed by atoms with Crippen LogP contribution in [0.3, 0.4) is 0 Å². The van der Waals surface area contributed by atoms with Gasteiger partial charge in [0.15, 0.2) is 0 Å². The summed E-state index contributed by atoms with van der Waals surface area (Å²) >= 11 is 0. The molecule has 2 nitrogen and oxygen atoms in total. The van der Waals surface area contributed by atoms with Crippen LogP contribution in [0, 0.1) is 0 Å². The molecule has 0 saturated heterocycles. The first-order valence-electron chi connectivity index (χ1n) is 6.31. The van der Waals surface area contributed by atoms with Crippen molar-refractivity contribution in [3.63, 3.8) is 0 Å². The molecule has 0 bridgehead atoms. The number of para-hydroxylation sites is 1. The Balaban J connectivity index is 2.22. The molecule has 2 aromatic rings. The van der Waals surface area contributed by atoms with Crippen molar-refractivity contribution in [3.8, 4) is 0 Å². The Morgan fingerprint density at radius 2 is 1.63 bits per heavy atom. The number of carbonyl (C=O) groups is 1. The molecule has 0 aliphatic carbocycles. The molecule has 2 heteroatoms. The molecule has 0 N–H and O–H groups in total. The van der Waals surface area contributed by atoms with E-state index in [1.807, 2.05) is 48.5 Å². The maximum Gasteiger partial charge on any atom is 0.254 e. The van der Waals surface area contributed by atoms with Crippen LogP contribution < -0.4 is 4.90 Å². The molecular weight excluding hydrogens is 234 g/mol. The van der Waals surface area contributed by atoms with Crippen molar-refractivity contribution < 1.29 is 4.79 Å². The van der Waals surface area contributed by atoms with Gasteiger partial charge in [0, 0.05) is 24.2 Å². The van der Waals surface area contributed by atoms with E-state index in [2.05, 4.69) is 12.6 Å². The smallest absolute Gasteiger partial charge is 0.254 e. The fourth-order valence-corrected chi connectivity index (χ4v) is 2.70. The lowest BCUT2D eigenvalue weighted by Crippen LogP contribution is -2.35. The third-order valence-electron chi connectivity index (χ3n) is 3.67. The van der Waals surface area contributed by atoms with Gasteiger partial charge in [-0.3, -0.25) is 4.79 Å². The summed E-state index contributed by atoms with van der Waals surface area (Å²) in [5.41, 5.74) is 3.85. The Kier molecular flexibility index (Phi) is 2.71. The number of likely N-dealkylation sites (N-methyl/N-ethyl adjacent to an activating group) is 1. The topological polar surface area (TPSA) is 20.3 Å². The molecule has 1 heterocycles. The first-order valence-corrected chi connectivity index (χ1v) is 6.31. The Morgan fingerprint density at radius 1 is 1.00 bits per heavy atom. The quantitative estimate of drug-likeness (QED) is 0.710. The van der Waals surface area contributed by atoms with Crippen LogP contribution in [0.1, 0.15) is 17.0 Å². The zero-order valence-corrected chi connectivity index (χ0v) is 10.8. The van der Waals surface area contributed by atoms with Gasteiger partial charge in [-0.2, -0.15) is 0 Å². The largest absolute Gasteiger partial charge is 0.311 e. The number of hydrogen-bond donors (Lipinski definition) is 0. The van der Waals surface area contributed by atoms with Crippen molar-refractivity contribution in [2.24, 2.45) is 0 Å². The number of anilines is 1. The predicted octanol–water partition coefficient (Wildman–Crippen LogP) is 3.35. The molecule has 1 aliphatic rings. The second-order valence-corrected chi connectivity index (χ2v) is 4.79. The van der Waals surface area contributed by atoms with Crippen molar-refractivity contribution in [1.29, 1.82) is 0 Å². The minimum Gasteiger partial charge on any atom is -0.311 e. The van der Waals surface area contributed by atoms with E-state index in [1.54, 1.807) is 11.9 Å². The lowest BCUT2D eigenvalue weighted by molar-refractivity contribution is -0.115. The maximum atomic E-state index is 12.3. The molecule has 19 heavy (non-hydrogen) atoms. The molecule has 0 fully saturated rings. The van der Waals surface area contributed by atoms with Gasteiger partial charge in [0.05, 0.1) is 0 Å². The van der Waals surface area contributed by atoms with Gasteiger partial charge >= 0.3 is 0 Å². The number of nitrogens with zero attached hydrogens (tertiary/aromatic N) is 1. The average molecular weight is 249 g/mol. The highest BCUT2D eigenvalue weighted by Gasteiger charge is 2.33. The van der Waals surface area contributed by atoms with Crippen LogP contribution >= 0.6 is 0 Å². The molecule has 0 spiro atoms. The van der Waals surface area contributed by atoms with Gasteiger partial charge in [-0.05, 0) is 17.2 Å². The molecule has 1 atom stereocenters. The molecule has 0 aromatic heterocycles. The number of carbonyl (C=O) groups excluding carboxylic acids is 1. The van der Waals surface area contributed by atoms with Gasteiger partial charge in [0.2, 0.25) is 0 Å². The summed E-state index contributed by atoms with van der Waals surface area (Å²) in [4.78, 5) is 14.0. The molecule has 1 amide bonds. The van der Waals surface area contributed by atoms with Crippen molar-refractivity contribution >= 4 is 11.6 Å². The molecule has 0 unspecified atom stereocenters. The van der Waals surface area contributed by atoms with E-state index < -0.39 is 0 Å². The summed E-state index contributed by atoms with van der Waals surface area (Å²) in [7, 11) is 1.80. The van der Waals surface area contributed by atoms with Gasteiger partial charge in [-0.15, -0.1) is 0 Å². The summed E-state index contributed by atoms with van der Waals surface area (Å²) in [6.45, 7) is 4.01. The zero-order chi connectivity index (χ0) is 13.4. The van der Waals surface area contributed by atoms with Gasteiger partial charge in [0.25, 0.3) is 5.91 Å². The third-order valence-corrected chi connectivity index (χ3v) is 3.67. The van der Waals surface area contributed by atoms with E-state index in [4.69, 9.17) is 0 Å². The first-order chi connectivity index (χ1) is 9.20. The van der Waals surface area contributed by atoms with Crippen LogP contribution in [0.5, 0.6) is 0 Å². The summed E-state index contributed by atoms with van der Waals surface area (Å²) in [5.74, 6) is -0.0475. The van der Waals surface area contributed by atoms with E-state index >= 15 is 0 Å². The third kappa shape index (κ3) is 1.76. The van der Waals surface area contributed by atoms with Gasteiger partial charge < -0.3 is 4.90 Å². The normalized spacial score (nSPS) is 18.4. The number of hydrogen-bond acceptors (Lipinski definition) is 1. The number of rotatable bonds is 1. The van der Waals surface area contributed by atoms with Crippen LogP contribution in [0.25, 0.3) is 0 Å². The van der Waals surface area contributed by atoms with E-state index in [9.17, 15) is 4.79 Å². The molecule has 1 aliphatic heterocycles. The molecular formula is C17H15NO. The zero-order valence-electron chi connectivity index (χ0n) is 10.8. The summed E-state index contributed by atoms with van der Waals surface area (Å²) < 4.78 is 0. The van der Waals surface area contributed by atoms with Crippen LogP contribution in [-0.2, 0) is 4.79 Å². The molecule has 3 rings (SSSR count). The highest BCUT2D eigenvalue weighted by atomic mass is 16.2. The van der Waals surface area contributed by atoms with E-state index in [0.29, 0.717) is 5.57 Å². The maximum absolute atomic E-state index is 12.3. The average Bonchev–Trinajstić information content (AvgIpc) is 2.46. The van der Waals surface area contributed by atoms with Crippen LogP contribution in [0.15, 0.2) is 66.7 Å². The number of fused-ring (bicyclic) bond motifs is 1. The Labute approximate surface area is 113 Å². The first kappa shape index (κ1) is 11.7. The number of amides is 1. The summed E-state index contributed by atoms with van der Waals surface area (Å²) in [6, 6.07) is 18.1. The highest BCUT2D eigenvalue weighted by molar-refractivity contribution is 6.09. The minimum atomic E-state index is -0.0406. The molecule has 94 valence electrons. The second-order valence-electron chi connectivity index (χ2n) is 4.79. The SMILES string of the molecule is C=C1C(=O)N(C)c2ccccc2[C@H]1c1ccccc1. The summed E-state index contributed by atoms with van der Waals surface area (Å²) in [5, 5.41) is 0. The summed E-state index contributed by atoms with van der Waals surface area (Å²) in [6.07, 6.45) is 0. The Morgan fingerprint density at radius 3 is 2.37 bits per heavy atom. The van der Waals surface area contributed by atoms with Crippen molar-refractivity contribution in [3.05, 3.63) is 77.9 Å². The van der Waals surface area contributed by atoms with E-state index in [-0.39, 0.29) is 11.8 Å². The van der Waals surface area contributed by atoms with Crippen LogP contribution in [-0.4, -0.2) is 13.0 Å². The monoisotopic (exact) mass is 249 g/mol. The van der Waals surface area contributed by atoms with Gasteiger partial charge in [-0.1, -0.05) is 55.1 Å². The second kappa shape index (κ2) is 4.39. The van der Waals surface area contributed by atoms with Gasteiger partial charge in [-0.25, -0.2) is 0 Å². The Hall–Kier alpha value is -2.35. The van der Waals surface area contributed by atoms with Gasteiger partial charge in [0.1, 0.15) is 0 Å². The Bertz CT molecular complexity index is 645. The lowest BCUT2D eigenvalue weighted by atomic mass is 9.81. The van der Waals surface area contributed by atoms with Crippen LogP contribution in [0.2, 0.25) is 0 Å². The molecule has 2 aromatic carbocycles. The van der Waals surface area contributed by atoms with Crippen molar-refractivity contribution in [1.82, 2.24) is 0 Å².